The van der Waals surface area contributed by atoms with Gasteiger partial charge in [0.2, 0.25) is 11.8 Å². The average Bonchev–Trinajstić information content (AvgIpc) is 3.43. The molecule has 0 saturated carbocycles. The van der Waals surface area contributed by atoms with E-state index in [1.54, 1.807) is 0 Å². The average molecular weight is 386 g/mol. The largest absolute Gasteiger partial charge is 0.415 e. The summed E-state index contributed by atoms with van der Waals surface area (Å²) < 4.78 is 7.70. The lowest BCUT2D eigenvalue weighted by molar-refractivity contribution is -0.132. The first kappa shape index (κ1) is 18.7. The molecule has 2 aromatic heterocycles. The van der Waals surface area contributed by atoms with Gasteiger partial charge >= 0.3 is 0 Å². The van der Waals surface area contributed by atoms with Crippen molar-refractivity contribution in [1.29, 1.82) is 0 Å². The highest BCUT2D eigenvalue weighted by atomic mass is 16.4. The molecule has 2 aromatic carbocycles. The molecule has 1 amide bonds. The van der Waals surface area contributed by atoms with Crippen molar-refractivity contribution in [2.75, 3.05) is 6.54 Å². The van der Waals surface area contributed by atoms with E-state index in [1.807, 2.05) is 95.4 Å². The Labute approximate surface area is 169 Å². The lowest BCUT2D eigenvalue weighted by atomic mass is 10.2. The Morgan fingerprint density at radius 1 is 0.931 bits per heavy atom. The van der Waals surface area contributed by atoms with Crippen LogP contribution in [0.2, 0.25) is 0 Å². The van der Waals surface area contributed by atoms with E-state index in [9.17, 15) is 4.79 Å². The smallest absolute Gasteiger partial charge is 0.264 e. The van der Waals surface area contributed by atoms with Gasteiger partial charge in [-0.3, -0.25) is 4.79 Å². The summed E-state index contributed by atoms with van der Waals surface area (Å²) in [5, 5.41) is 8.32. The topological polar surface area (TPSA) is 64.2 Å². The summed E-state index contributed by atoms with van der Waals surface area (Å²) in [4.78, 5) is 14.7. The Bertz CT molecular complexity index is 1070. The zero-order valence-corrected chi connectivity index (χ0v) is 16.2. The fourth-order valence-electron chi connectivity index (χ4n) is 3.20. The predicted octanol–water partition coefficient (Wildman–Crippen LogP) is 4.25. The maximum Gasteiger partial charge on any atom is 0.264 e. The summed E-state index contributed by atoms with van der Waals surface area (Å²) in [7, 11) is 0. The number of benzene rings is 2. The molecule has 146 valence electrons. The molecule has 0 aliphatic carbocycles. The molecule has 0 N–H and O–H groups in total. The molecule has 0 bridgehead atoms. The minimum atomic E-state index is 0.0385. The van der Waals surface area contributed by atoms with E-state index >= 15 is 0 Å². The molecule has 0 atom stereocenters. The molecule has 4 aromatic rings. The molecule has 29 heavy (non-hydrogen) atoms. The normalized spacial score (nSPS) is 10.8. The summed E-state index contributed by atoms with van der Waals surface area (Å²) in [5.41, 5.74) is 2.70. The van der Waals surface area contributed by atoms with Crippen LogP contribution in [0.1, 0.15) is 12.5 Å². The van der Waals surface area contributed by atoms with Crippen LogP contribution in [0.15, 0.2) is 83.4 Å². The fourth-order valence-corrected chi connectivity index (χ4v) is 3.20. The minimum Gasteiger partial charge on any atom is -0.415 e. The second-order valence-electron chi connectivity index (χ2n) is 6.69. The number of rotatable bonds is 7. The van der Waals surface area contributed by atoms with Crippen LogP contribution in [0.4, 0.5) is 0 Å². The Morgan fingerprint density at radius 3 is 2.34 bits per heavy atom. The van der Waals surface area contributed by atoms with Crippen LogP contribution < -0.4 is 0 Å². The summed E-state index contributed by atoms with van der Waals surface area (Å²) in [6.45, 7) is 3.43. The number of likely N-dealkylation sites (N-methyl/N-ethyl adjacent to an activating group) is 1. The first-order valence-electron chi connectivity index (χ1n) is 9.60. The molecule has 0 fully saturated rings. The number of carbonyl (C=O) groups excluding carboxylic acids is 1. The van der Waals surface area contributed by atoms with E-state index in [0.717, 1.165) is 16.8 Å². The van der Waals surface area contributed by atoms with Gasteiger partial charge in [0.1, 0.15) is 12.2 Å². The Morgan fingerprint density at radius 2 is 1.62 bits per heavy atom. The number of hydrogen-bond donors (Lipinski definition) is 0. The molecule has 4 rings (SSSR count). The van der Waals surface area contributed by atoms with Gasteiger partial charge in [-0.25, -0.2) is 0 Å². The lowest BCUT2D eigenvalue weighted by Gasteiger charge is -2.21. The molecule has 2 heterocycles. The van der Waals surface area contributed by atoms with Gasteiger partial charge in [0, 0.05) is 24.8 Å². The highest BCUT2D eigenvalue weighted by molar-refractivity contribution is 5.76. The summed E-state index contributed by atoms with van der Waals surface area (Å²) in [6.07, 6.45) is 1.86. The quantitative estimate of drug-likeness (QED) is 0.476. The van der Waals surface area contributed by atoms with Crippen molar-refractivity contribution in [3.8, 4) is 23.0 Å². The first-order chi connectivity index (χ1) is 14.2. The molecule has 6 nitrogen and oxygen atoms in total. The molecular formula is C23H22N4O2. The third-order valence-electron chi connectivity index (χ3n) is 4.75. The predicted molar refractivity (Wildman–Crippen MR) is 111 cm³/mol. The number of hydrogen-bond acceptors (Lipinski definition) is 4. The zero-order valence-electron chi connectivity index (χ0n) is 16.2. The molecule has 6 heteroatoms. The Hall–Kier alpha value is -3.67. The number of amides is 1. The maximum absolute atomic E-state index is 12.9. The van der Waals surface area contributed by atoms with Gasteiger partial charge in [0.05, 0.1) is 0 Å². The summed E-state index contributed by atoms with van der Waals surface area (Å²) in [5.74, 6) is 0.892. The zero-order chi connectivity index (χ0) is 20.1. The molecule has 0 saturated heterocycles. The fraction of sp³-hybridized carbons (Fsp3) is 0.174. The van der Waals surface area contributed by atoms with Crippen molar-refractivity contribution >= 4 is 5.91 Å². The van der Waals surface area contributed by atoms with Gasteiger partial charge in [-0.05, 0) is 36.8 Å². The molecule has 0 aliphatic heterocycles. The number of carbonyl (C=O) groups is 1. The van der Waals surface area contributed by atoms with E-state index in [0.29, 0.717) is 24.9 Å². The van der Waals surface area contributed by atoms with Crippen LogP contribution in [-0.2, 0) is 17.9 Å². The molecule has 0 spiro atoms. The van der Waals surface area contributed by atoms with Crippen molar-refractivity contribution in [1.82, 2.24) is 19.7 Å². The summed E-state index contributed by atoms with van der Waals surface area (Å²) in [6, 6.07) is 23.4. The minimum absolute atomic E-state index is 0.0385. The van der Waals surface area contributed by atoms with Gasteiger partial charge < -0.3 is 13.9 Å². The van der Waals surface area contributed by atoms with Crippen LogP contribution in [-0.4, -0.2) is 32.1 Å². The van der Waals surface area contributed by atoms with Crippen LogP contribution in [0, 0.1) is 0 Å². The van der Waals surface area contributed by atoms with Crippen molar-refractivity contribution in [3.63, 3.8) is 0 Å². The SMILES string of the molecule is CCN(Cc1ccccc1)C(=O)Cn1cccc1-c1nnc(-c2ccccc2)o1. The highest BCUT2D eigenvalue weighted by Gasteiger charge is 2.18. The van der Waals surface area contributed by atoms with Gasteiger partial charge in [-0.15, -0.1) is 10.2 Å². The van der Waals surface area contributed by atoms with E-state index in [1.165, 1.54) is 0 Å². The standard InChI is InChI=1S/C23H22N4O2/c1-2-26(16-18-10-5-3-6-11-18)21(28)17-27-15-9-14-20(27)23-25-24-22(29-23)19-12-7-4-8-13-19/h3-15H,2,16-17H2,1H3. The van der Waals surface area contributed by atoms with Gasteiger partial charge in [-0.2, -0.15) is 0 Å². The number of aromatic nitrogens is 3. The second-order valence-corrected chi connectivity index (χ2v) is 6.69. The van der Waals surface area contributed by atoms with Crippen molar-refractivity contribution in [3.05, 3.63) is 84.6 Å². The van der Waals surface area contributed by atoms with Gasteiger partial charge in [-0.1, -0.05) is 48.5 Å². The highest BCUT2D eigenvalue weighted by Crippen LogP contribution is 2.24. The van der Waals surface area contributed by atoms with E-state index in [-0.39, 0.29) is 12.5 Å². The lowest BCUT2D eigenvalue weighted by Crippen LogP contribution is -2.33. The Kier molecular flexibility index (Phi) is 5.52. The van der Waals surface area contributed by atoms with Gasteiger partial charge in [0.25, 0.3) is 5.89 Å². The van der Waals surface area contributed by atoms with Crippen LogP contribution >= 0.6 is 0 Å². The van der Waals surface area contributed by atoms with Crippen molar-refractivity contribution in [2.24, 2.45) is 0 Å². The van der Waals surface area contributed by atoms with E-state index < -0.39 is 0 Å². The number of nitrogens with zero attached hydrogens (tertiary/aromatic N) is 4. The van der Waals surface area contributed by atoms with Crippen LogP contribution in [0.25, 0.3) is 23.0 Å². The van der Waals surface area contributed by atoms with Crippen molar-refractivity contribution < 1.29 is 9.21 Å². The van der Waals surface area contributed by atoms with E-state index in [2.05, 4.69) is 10.2 Å². The Balaban J connectivity index is 1.51. The monoisotopic (exact) mass is 386 g/mol. The third-order valence-corrected chi connectivity index (χ3v) is 4.75. The third kappa shape index (κ3) is 4.27. The summed E-state index contributed by atoms with van der Waals surface area (Å²) >= 11 is 0. The molecular weight excluding hydrogens is 364 g/mol. The van der Waals surface area contributed by atoms with E-state index in [4.69, 9.17) is 4.42 Å². The maximum atomic E-state index is 12.9. The molecule has 0 aliphatic rings. The van der Waals surface area contributed by atoms with Crippen LogP contribution in [0.3, 0.4) is 0 Å². The molecule has 0 radical (unpaired) electrons. The second kappa shape index (κ2) is 8.56. The molecule has 0 unspecified atom stereocenters. The van der Waals surface area contributed by atoms with Crippen molar-refractivity contribution in [2.45, 2.75) is 20.0 Å². The van der Waals surface area contributed by atoms with Crippen LogP contribution in [0.5, 0.6) is 0 Å². The van der Waals surface area contributed by atoms with Gasteiger partial charge in [0.15, 0.2) is 0 Å². The first-order valence-corrected chi connectivity index (χ1v) is 9.60.